The highest BCUT2D eigenvalue weighted by Crippen LogP contribution is 1.71. The van der Waals surface area contributed by atoms with Crippen LogP contribution in [-0.4, -0.2) is 5.11 Å². The smallest absolute Gasteiger partial charge is 0.0751 e. The Morgan fingerprint density at radius 1 is 1.57 bits per heavy atom. The topological polar surface area (TPSA) is 20.2 Å². The standard InChI is InChI=1S/C4H8O.C2H4/c1-2-3-4-5;1-2/h3-5H,2H2,1H3;1-2H2. The summed E-state index contributed by atoms with van der Waals surface area (Å²) < 4.78 is 0. The van der Waals surface area contributed by atoms with E-state index < -0.39 is 0 Å². The summed E-state index contributed by atoms with van der Waals surface area (Å²) in [5, 5.41) is 7.89. The normalized spacial score (nSPS) is 7.57. The van der Waals surface area contributed by atoms with Crippen molar-refractivity contribution in [1.82, 2.24) is 0 Å². The molecule has 0 rings (SSSR count). The third-order valence-electron chi connectivity index (χ3n) is 0.341. The quantitative estimate of drug-likeness (QED) is 0.396. The molecule has 42 valence electrons. The molecule has 0 fully saturated rings. The highest BCUT2D eigenvalue weighted by Gasteiger charge is 1.53. The molecule has 1 nitrogen and oxygen atoms in total. The first-order chi connectivity index (χ1) is 3.41. The van der Waals surface area contributed by atoms with E-state index in [9.17, 15) is 0 Å². The Bertz CT molecular complexity index is 39.4. The third kappa shape index (κ3) is 34.7. The molecule has 0 saturated carbocycles. The minimum atomic E-state index is 0.913. The number of aliphatic hydroxyl groups is 1. The van der Waals surface area contributed by atoms with Gasteiger partial charge in [0, 0.05) is 0 Å². The molecule has 0 aromatic heterocycles. The van der Waals surface area contributed by atoms with Crippen LogP contribution < -0.4 is 0 Å². The van der Waals surface area contributed by atoms with E-state index in [2.05, 4.69) is 13.2 Å². The second-order valence-electron chi connectivity index (χ2n) is 0.793. The first kappa shape index (κ1) is 9.56. The van der Waals surface area contributed by atoms with Crippen molar-refractivity contribution in [3.63, 3.8) is 0 Å². The molecule has 0 aromatic rings. The molecule has 1 heteroatoms. The molecule has 0 radical (unpaired) electrons. The predicted octanol–water partition coefficient (Wildman–Crippen LogP) is 2.27. The summed E-state index contributed by atoms with van der Waals surface area (Å²) >= 11 is 0. The number of rotatable bonds is 1. The van der Waals surface area contributed by atoms with Gasteiger partial charge in [0.05, 0.1) is 6.26 Å². The maximum atomic E-state index is 7.89. The molecule has 0 atom stereocenters. The van der Waals surface area contributed by atoms with Gasteiger partial charge in [0.25, 0.3) is 0 Å². The zero-order valence-corrected chi connectivity index (χ0v) is 4.72. The Morgan fingerprint density at radius 3 is 2.00 bits per heavy atom. The van der Waals surface area contributed by atoms with Crippen LogP contribution in [0.3, 0.4) is 0 Å². The lowest BCUT2D eigenvalue weighted by atomic mass is 10.5. The second-order valence-corrected chi connectivity index (χ2v) is 0.793. The predicted molar refractivity (Wildman–Crippen MR) is 33.3 cm³/mol. The largest absolute Gasteiger partial charge is 0.516 e. The fourth-order valence-electron chi connectivity index (χ4n) is 0.105. The van der Waals surface area contributed by atoms with Gasteiger partial charge in [-0.25, -0.2) is 0 Å². The number of aliphatic hydroxyl groups excluding tert-OH is 1. The van der Waals surface area contributed by atoms with Crippen LogP contribution in [0.4, 0.5) is 0 Å². The zero-order chi connectivity index (χ0) is 6.12. The Balaban J connectivity index is 0. The van der Waals surface area contributed by atoms with Crippen LogP contribution >= 0.6 is 0 Å². The van der Waals surface area contributed by atoms with E-state index in [4.69, 9.17) is 5.11 Å². The van der Waals surface area contributed by atoms with Gasteiger partial charge in [0.1, 0.15) is 0 Å². The van der Waals surface area contributed by atoms with E-state index in [0.717, 1.165) is 12.7 Å². The molecule has 0 unspecified atom stereocenters. The number of hydrogen-bond donors (Lipinski definition) is 1. The van der Waals surface area contributed by atoms with Crippen molar-refractivity contribution in [3.05, 3.63) is 25.5 Å². The summed E-state index contributed by atoms with van der Waals surface area (Å²) in [6.07, 6.45) is 3.65. The van der Waals surface area contributed by atoms with Gasteiger partial charge in [0.2, 0.25) is 0 Å². The molecule has 0 aliphatic rings. The summed E-state index contributed by atoms with van der Waals surface area (Å²) in [6, 6.07) is 0. The first-order valence-electron chi connectivity index (χ1n) is 2.21. The summed E-state index contributed by atoms with van der Waals surface area (Å²) in [5.74, 6) is 0. The van der Waals surface area contributed by atoms with Gasteiger partial charge in [-0.1, -0.05) is 13.0 Å². The summed E-state index contributed by atoms with van der Waals surface area (Å²) in [4.78, 5) is 0. The fourth-order valence-corrected chi connectivity index (χ4v) is 0.105. The van der Waals surface area contributed by atoms with Gasteiger partial charge in [-0.15, -0.1) is 13.2 Å². The van der Waals surface area contributed by atoms with Crippen LogP contribution in [0, 0.1) is 0 Å². The average Bonchev–Trinajstić information content (AvgIpc) is 1.75. The summed E-state index contributed by atoms with van der Waals surface area (Å²) in [7, 11) is 0. The van der Waals surface area contributed by atoms with E-state index in [-0.39, 0.29) is 0 Å². The van der Waals surface area contributed by atoms with Gasteiger partial charge in [0.15, 0.2) is 0 Å². The molecule has 0 aliphatic carbocycles. The lowest BCUT2D eigenvalue weighted by molar-refractivity contribution is 0.471. The average molecular weight is 100 g/mol. The SMILES string of the molecule is C=C.CCC=CO. The molecule has 0 spiro atoms. The molecular weight excluding hydrogens is 88.1 g/mol. The number of hydrogen-bond acceptors (Lipinski definition) is 1. The minimum absolute atomic E-state index is 0.913. The van der Waals surface area contributed by atoms with Crippen LogP contribution in [-0.2, 0) is 0 Å². The highest BCUT2D eigenvalue weighted by atomic mass is 16.2. The maximum absolute atomic E-state index is 7.89. The van der Waals surface area contributed by atoms with Crippen molar-refractivity contribution in [2.24, 2.45) is 0 Å². The van der Waals surface area contributed by atoms with Gasteiger partial charge in [-0.05, 0) is 6.42 Å². The maximum Gasteiger partial charge on any atom is 0.0751 e. The van der Waals surface area contributed by atoms with Gasteiger partial charge >= 0.3 is 0 Å². The van der Waals surface area contributed by atoms with Crippen LogP contribution in [0.5, 0.6) is 0 Å². The van der Waals surface area contributed by atoms with Gasteiger partial charge in [-0.2, -0.15) is 0 Å². The van der Waals surface area contributed by atoms with E-state index in [1.807, 2.05) is 6.92 Å². The monoisotopic (exact) mass is 100 g/mol. The summed E-state index contributed by atoms with van der Waals surface area (Å²) in [6.45, 7) is 7.96. The molecule has 0 saturated heterocycles. The minimum Gasteiger partial charge on any atom is -0.516 e. The molecule has 0 aliphatic heterocycles. The first-order valence-corrected chi connectivity index (χ1v) is 2.21. The van der Waals surface area contributed by atoms with Crippen molar-refractivity contribution in [3.8, 4) is 0 Å². The third-order valence-corrected chi connectivity index (χ3v) is 0.341. The van der Waals surface area contributed by atoms with E-state index in [0.29, 0.717) is 0 Å². The van der Waals surface area contributed by atoms with Crippen LogP contribution in [0.15, 0.2) is 25.5 Å². The van der Waals surface area contributed by atoms with Crippen molar-refractivity contribution < 1.29 is 5.11 Å². The zero-order valence-electron chi connectivity index (χ0n) is 4.72. The fraction of sp³-hybridized carbons (Fsp3) is 0.333. The van der Waals surface area contributed by atoms with Gasteiger partial charge < -0.3 is 5.11 Å². The Kier molecular flexibility index (Phi) is 25.4. The molecule has 7 heavy (non-hydrogen) atoms. The molecule has 0 aromatic carbocycles. The Hall–Kier alpha value is -0.720. The Labute approximate surface area is 45.0 Å². The van der Waals surface area contributed by atoms with Crippen LogP contribution in [0.25, 0.3) is 0 Å². The van der Waals surface area contributed by atoms with E-state index in [1.165, 1.54) is 0 Å². The van der Waals surface area contributed by atoms with Gasteiger partial charge in [-0.3, -0.25) is 0 Å². The van der Waals surface area contributed by atoms with Crippen molar-refractivity contribution >= 4 is 0 Å². The highest BCUT2D eigenvalue weighted by molar-refractivity contribution is 4.66. The molecule has 0 heterocycles. The van der Waals surface area contributed by atoms with Crippen molar-refractivity contribution in [1.29, 1.82) is 0 Å². The van der Waals surface area contributed by atoms with Crippen LogP contribution in [0.2, 0.25) is 0 Å². The van der Waals surface area contributed by atoms with E-state index >= 15 is 0 Å². The van der Waals surface area contributed by atoms with Crippen molar-refractivity contribution in [2.45, 2.75) is 13.3 Å². The van der Waals surface area contributed by atoms with E-state index in [1.54, 1.807) is 6.08 Å². The van der Waals surface area contributed by atoms with Crippen molar-refractivity contribution in [2.75, 3.05) is 0 Å². The molecule has 0 bridgehead atoms. The lowest BCUT2D eigenvalue weighted by Crippen LogP contribution is -1.48. The Morgan fingerprint density at radius 2 is 2.00 bits per heavy atom. The molecular formula is C6H12O. The lowest BCUT2D eigenvalue weighted by Gasteiger charge is -1.65. The molecule has 0 amide bonds. The second kappa shape index (κ2) is 18.6. The number of allylic oxidation sites excluding steroid dienone is 1. The van der Waals surface area contributed by atoms with Crippen LogP contribution in [0.1, 0.15) is 13.3 Å². The summed E-state index contributed by atoms with van der Waals surface area (Å²) in [5.41, 5.74) is 0. The molecule has 1 N–H and O–H groups in total.